The van der Waals surface area contributed by atoms with E-state index in [9.17, 15) is 4.79 Å². The first-order valence-electron chi connectivity index (χ1n) is 8.06. The number of ether oxygens (including phenoxy) is 3. The summed E-state index contributed by atoms with van der Waals surface area (Å²) in [6.45, 7) is 3.76. The maximum atomic E-state index is 12.7. The van der Waals surface area contributed by atoms with E-state index in [0.29, 0.717) is 37.7 Å². The largest absolute Gasteiger partial charge is 0.493 e. The van der Waals surface area contributed by atoms with E-state index in [2.05, 4.69) is 5.32 Å². The van der Waals surface area contributed by atoms with Crippen LogP contribution in [0.2, 0.25) is 0 Å². The Morgan fingerprint density at radius 1 is 1.35 bits per heavy atom. The molecule has 0 spiro atoms. The Bertz CT molecular complexity index is 568. The van der Waals surface area contributed by atoms with Gasteiger partial charge in [-0.3, -0.25) is 4.79 Å². The maximum Gasteiger partial charge on any atom is 0.227 e. The zero-order valence-corrected chi connectivity index (χ0v) is 13.8. The quantitative estimate of drug-likeness (QED) is 0.904. The van der Waals surface area contributed by atoms with Crippen LogP contribution >= 0.6 is 0 Å². The number of hydrogen-bond donors (Lipinski definition) is 1. The smallest absolute Gasteiger partial charge is 0.227 e. The van der Waals surface area contributed by atoms with Gasteiger partial charge in [-0.25, -0.2) is 0 Å². The average molecular weight is 320 g/mol. The van der Waals surface area contributed by atoms with Crippen LogP contribution in [0.25, 0.3) is 0 Å². The Morgan fingerprint density at radius 2 is 2.13 bits per heavy atom. The third-order valence-corrected chi connectivity index (χ3v) is 4.45. The Kier molecular flexibility index (Phi) is 5.03. The molecule has 1 amide bonds. The van der Waals surface area contributed by atoms with Crippen molar-refractivity contribution >= 4 is 11.6 Å². The number of nitrogens with one attached hydrogen (secondary N) is 1. The zero-order chi connectivity index (χ0) is 16.2. The topological polar surface area (TPSA) is 60.0 Å². The number of nitrogens with zero attached hydrogens (tertiary/aromatic N) is 1. The van der Waals surface area contributed by atoms with E-state index in [-0.39, 0.29) is 11.8 Å². The van der Waals surface area contributed by atoms with E-state index in [1.54, 1.807) is 14.2 Å². The fourth-order valence-corrected chi connectivity index (χ4v) is 3.22. The molecule has 0 saturated carbocycles. The monoisotopic (exact) mass is 320 g/mol. The van der Waals surface area contributed by atoms with E-state index in [1.165, 1.54) is 0 Å². The first-order valence-corrected chi connectivity index (χ1v) is 8.06. The lowest BCUT2D eigenvalue weighted by atomic mass is 10.1. The van der Waals surface area contributed by atoms with Crippen molar-refractivity contribution in [2.24, 2.45) is 5.92 Å². The molecule has 6 heteroatoms. The minimum atomic E-state index is 0.147. The van der Waals surface area contributed by atoms with E-state index in [4.69, 9.17) is 14.2 Å². The minimum absolute atomic E-state index is 0.147. The summed E-state index contributed by atoms with van der Waals surface area (Å²) >= 11 is 0. The molecule has 3 rings (SSSR count). The fraction of sp³-hybridized carbons (Fsp3) is 0.588. The molecule has 1 fully saturated rings. The van der Waals surface area contributed by atoms with Crippen LogP contribution in [0.1, 0.15) is 12.0 Å². The highest BCUT2D eigenvalue weighted by Gasteiger charge is 2.28. The number of methoxy groups -OCH3 is 2. The SMILES string of the molecule is COc1cc2c(cc1OC)N(C(=O)CC1CNCCOC1)CC2. The van der Waals surface area contributed by atoms with Gasteiger partial charge in [0.2, 0.25) is 5.91 Å². The van der Waals surface area contributed by atoms with E-state index in [1.807, 2.05) is 17.0 Å². The van der Waals surface area contributed by atoms with Gasteiger partial charge in [-0.1, -0.05) is 0 Å². The van der Waals surface area contributed by atoms with Crippen molar-refractivity contribution in [2.75, 3.05) is 52.0 Å². The van der Waals surface area contributed by atoms with Gasteiger partial charge in [0.1, 0.15) is 0 Å². The molecule has 0 radical (unpaired) electrons. The molecular weight excluding hydrogens is 296 g/mol. The van der Waals surface area contributed by atoms with Gasteiger partial charge in [-0.05, 0) is 18.1 Å². The van der Waals surface area contributed by atoms with Crippen LogP contribution in [0.5, 0.6) is 11.5 Å². The number of fused-ring (bicyclic) bond motifs is 1. The third kappa shape index (κ3) is 3.43. The maximum absolute atomic E-state index is 12.7. The number of anilines is 1. The summed E-state index contributed by atoms with van der Waals surface area (Å²) in [5.74, 6) is 1.75. The van der Waals surface area contributed by atoms with Gasteiger partial charge in [0, 0.05) is 38.0 Å². The molecule has 2 aliphatic heterocycles. The van der Waals surface area contributed by atoms with Gasteiger partial charge in [0.15, 0.2) is 11.5 Å². The van der Waals surface area contributed by atoms with Gasteiger partial charge in [0.25, 0.3) is 0 Å². The highest BCUT2D eigenvalue weighted by Crippen LogP contribution is 2.38. The number of benzene rings is 1. The van der Waals surface area contributed by atoms with Crippen LogP contribution in [0.3, 0.4) is 0 Å². The lowest BCUT2D eigenvalue weighted by Gasteiger charge is -2.21. The Labute approximate surface area is 136 Å². The van der Waals surface area contributed by atoms with E-state index < -0.39 is 0 Å². The zero-order valence-electron chi connectivity index (χ0n) is 13.8. The molecule has 1 aromatic rings. The average Bonchev–Trinajstić information content (AvgIpc) is 2.81. The fourth-order valence-electron chi connectivity index (χ4n) is 3.22. The first kappa shape index (κ1) is 16.1. The molecule has 6 nitrogen and oxygen atoms in total. The number of hydrogen-bond acceptors (Lipinski definition) is 5. The van der Waals surface area contributed by atoms with Crippen LogP contribution in [-0.2, 0) is 16.0 Å². The van der Waals surface area contributed by atoms with Crippen LogP contribution in [0.15, 0.2) is 12.1 Å². The molecule has 23 heavy (non-hydrogen) atoms. The summed E-state index contributed by atoms with van der Waals surface area (Å²) in [7, 11) is 3.24. The number of carbonyl (C=O) groups is 1. The molecule has 1 aromatic carbocycles. The molecule has 2 heterocycles. The van der Waals surface area contributed by atoms with Gasteiger partial charge < -0.3 is 24.4 Å². The normalized spacial score (nSPS) is 20.8. The second-order valence-corrected chi connectivity index (χ2v) is 5.98. The summed E-state index contributed by atoms with van der Waals surface area (Å²) in [5.41, 5.74) is 2.07. The molecular formula is C17H24N2O4. The predicted molar refractivity (Wildman–Crippen MR) is 87.4 cm³/mol. The van der Waals surface area contributed by atoms with Crippen molar-refractivity contribution in [1.82, 2.24) is 5.32 Å². The highest BCUT2D eigenvalue weighted by atomic mass is 16.5. The van der Waals surface area contributed by atoms with Crippen molar-refractivity contribution in [1.29, 1.82) is 0 Å². The molecule has 0 aliphatic carbocycles. The van der Waals surface area contributed by atoms with Crippen LogP contribution < -0.4 is 19.7 Å². The summed E-state index contributed by atoms with van der Waals surface area (Å²) < 4.78 is 16.2. The molecule has 2 aliphatic rings. The van der Waals surface area contributed by atoms with Crippen molar-refractivity contribution in [3.63, 3.8) is 0 Å². The summed E-state index contributed by atoms with van der Waals surface area (Å²) in [5, 5.41) is 3.31. The number of carbonyl (C=O) groups excluding carboxylic acids is 1. The molecule has 1 N–H and O–H groups in total. The van der Waals surface area contributed by atoms with Gasteiger partial charge >= 0.3 is 0 Å². The Balaban J connectivity index is 1.74. The summed E-state index contributed by atoms with van der Waals surface area (Å²) in [6, 6.07) is 3.87. The minimum Gasteiger partial charge on any atom is -0.493 e. The van der Waals surface area contributed by atoms with Crippen LogP contribution in [0.4, 0.5) is 5.69 Å². The van der Waals surface area contributed by atoms with Crippen LogP contribution in [0, 0.1) is 5.92 Å². The Morgan fingerprint density at radius 3 is 2.91 bits per heavy atom. The van der Waals surface area contributed by atoms with Gasteiger partial charge in [0.05, 0.1) is 33.1 Å². The standard InChI is InChI=1S/C17H24N2O4/c1-21-15-8-13-3-5-19(14(13)9-16(15)22-2)17(20)7-12-10-18-4-6-23-11-12/h8-9,12,18H,3-7,10-11H2,1-2H3. The lowest BCUT2D eigenvalue weighted by Crippen LogP contribution is -2.33. The first-order chi connectivity index (χ1) is 11.2. The number of amides is 1. The molecule has 1 saturated heterocycles. The van der Waals surface area contributed by atoms with Crippen molar-refractivity contribution in [2.45, 2.75) is 12.8 Å². The van der Waals surface area contributed by atoms with E-state index in [0.717, 1.165) is 30.8 Å². The molecule has 0 aromatic heterocycles. The van der Waals surface area contributed by atoms with Crippen molar-refractivity contribution in [3.8, 4) is 11.5 Å². The van der Waals surface area contributed by atoms with Crippen molar-refractivity contribution < 1.29 is 19.0 Å². The van der Waals surface area contributed by atoms with Crippen LogP contribution in [-0.4, -0.2) is 53.0 Å². The molecule has 1 atom stereocenters. The number of rotatable bonds is 4. The lowest BCUT2D eigenvalue weighted by molar-refractivity contribution is -0.119. The highest BCUT2D eigenvalue weighted by molar-refractivity contribution is 5.96. The summed E-state index contributed by atoms with van der Waals surface area (Å²) in [4.78, 5) is 14.6. The predicted octanol–water partition coefficient (Wildman–Crippen LogP) is 1.22. The van der Waals surface area contributed by atoms with Crippen molar-refractivity contribution in [3.05, 3.63) is 17.7 Å². The summed E-state index contributed by atoms with van der Waals surface area (Å²) in [6.07, 6.45) is 1.35. The molecule has 1 unspecified atom stereocenters. The second-order valence-electron chi connectivity index (χ2n) is 5.98. The third-order valence-electron chi connectivity index (χ3n) is 4.45. The van der Waals surface area contributed by atoms with Gasteiger partial charge in [-0.2, -0.15) is 0 Å². The van der Waals surface area contributed by atoms with Gasteiger partial charge in [-0.15, -0.1) is 0 Å². The second kappa shape index (κ2) is 7.19. The molecule has 126 valence electrons. The molecule has 0 bridgehead atoms. The Hall–Kier alpha value is -1.79. The van der Waals surface area contributed by atoms with E-state index >= 15 is 0 Å².